The Morgan fingerprint density at radius 1 is 1.23 bits per heavy atom. The van der Waals surface area contributed by atoms with Crippen LogP contribution in [0.25, 0.3) is 0 Å². The monoisotopic (exact) mass is 351 g/mol. The number of amides is 1. The standard InChI is InChI=1S/C21H25N3O2/c25-21(24-12-9-18-4-1-2-6-20(18)24)16-23(15-19-5-3-13-26-19)14-17-7-10-22-11-8-17/h1-2,4,6-8,10-11,19H,3,5,9,12-16H2. The molecule has 1 unspecified atom stereocenters. The Labute approximate surface area is 154 Å². The molecule has 1 atom stereocenters. The van der Waals surface area contributed by atoms with Gasteiger partial charge in [0, 0.05) is 44.3 Å². The molecule has 0 N–H and O–H groups in total. The predicted molar refractivity (Wildman–Crippen MR) is 101 cm³/mol. The number of para-hydroxylation sites is 1. The zero-order valence-corrected chi connectivity index (χ0v) is 15.0. The number of aromatic nitrogens is 1. The fraction of sp³-hybridized carbons (Fsp3) is 0.429. The van der Waals surface area contributed by atoms with E-state index in [1.54, 1.807) is 12.4 Å². The molecular formula is C21H25N3O2. The van der Waals surface area contributed by atoms with E-state index >= 15 is 0 Å². The maximum Gasteiger partial charge on any atom is 0.241 e. The molecular weight excluding hydrogens is 326 g/mol. The van der Waals surface area contributed by atoms with Gasteiger partial charge < -0.3 is 9.64 Å². The van der Waals surface area contributed by atoms with E-state index in [9.17, 15) is 4.79 Å². The van der Waals surface area contributed by atoms with E-state index in [1.165, 1.54) is 11.1 Å². The summed E-state index contributed by atoms with van der Waals surface area (Å²) in [5, 5.41) is 0. The van der Waals surface area contributed by atoms with E-state index in [-0.39, 0.29) is 12.0 Å². The minimum absolute atomic E-state index is 0.169. The maximum atomic E-state index is 13.0. The summed E-state index contributed by atoms with van der Waals surface area (Å²) in [5.41, 5.74) is 3.51. The van der Waals surface area contributed by atoms with Crippen LogP contribution in [-0.4, -0.2) is 48.1 Å². The number of rotatable bonds is 6. The highest BCUT2D eigenvalue weighted by atomic mass is 16.5. The van der Waals surface area contributed by atoms with Crippen molar-refractivity contribution in [1.29, 1.82) is 0 Å². The lowest BCUT2D eigenvalue weighted by molar-refractivity contribution is -0.120. The Morgan fingerprint density at radius 3 is 2.88 bits per heavy atom. The van der Waals surface area contributed by atoms with Gasteiger partial charge in [0.1, 0.15) is 0 Å². The van der Waals surface area contributed by atoms with Crippen molar-refractivity contribution in [3.05, 3.63) is 59.9 Å². The largest absolute Gasteiger partial charge is 0.377 e. The molecule has 2 aromatic rings. The topological polar surface area (TPSA) is 45.7 Å². The Hall–Kier alpha value is -2.24. The highest BCUT2D eigenvalue weighted by molar-refractivity contribution is 5.96. The molecule has 1 amide bonds. The van der Waals surface area contributed by atoms with Crippen molar-refractivity contribution < 1.29 is 9.53 Å². The van der Waals surface area contributed by atoms with Gasteiger partial charge in [0.2, 0.25) is 5.91 Å². The van der Waals surface area contributed by atoms with E-state index in [1.807, 2.05) is 35.2 Å². The molecule has 5 nitrogen and oxygen atoms in total. The van der Waals surface area contributed by atoms with E-state index in [0.717, 1.165) is 51.2 Å². The summed E-state index contributed by atoms with van der Waals surface area (Å²) in [6.45, 7) is 3.56. The first-order valence-corrected chi connectivity index (χ1v) is 9.41. The van der Waals surface area contributed by atoms with Crippen LogP contribution in [-0.2, 0) is 22.5 Å². The number of carbonyl (C=O) groups excluding carboxylic acids is 1. The summed E-state index contributed by atoms with van der Waals surface area (Å²) in [6.07, 6.45) is 6.97. The average Bonchev–Trinajstić information content (AvgIpc) is 3.32. The molecule has 0 bridgehead atoms. The SMILES string of the molecule is O=C(CN(Cc1ccncc1)CC1CCCO1)N1CCc2ccccc21. The van der Waals surface area contributed by atoms with Gasteiger partial charge in [0.25, 0.3) is 0 Å². The minimum Gasteiger partial charge on any atom is -0.377 e. The fourth-order valence-electron chi connectivity index (χ4n) is 3.88. The Balaban J connectivity index is 1.46. The summed E-state index contributed by atoms with van der Waals surface area (Å²) < 4.78 is 5.81. The first-order chi connectivity index (χ1) is 12.8. The van der Waals surface area contributed by atoms with E-state index in [0.29, 0.717) is 6.54 Å². The van der Waals surface area contributed by atoms with Crippen molar-refractivity contribution in [2.45, 2.75) is 31.9 Å². The maximum absolute atomic E-state index is 13.0. The van der Waals surface area contributed by atoms with Crippen molar-refractivity contribution in [1.82, 2.24) is 9.88 Å². The first-order valence-electron chi connectivity index (χ1n) is 9.41. The lowest BCUT2D eigenvalue weighted by Gasteiger charge is -2.27. The van der Waals surface area contributed by atoms with Crippen molar-refractivity contribution in [2.75, 3.05) is 31.1 Å². The van der Waals surface area contributed by atoms with E-state index in [2.05, 4.69) is 16.0 Å². The number of benzene rings is 1. The Morgan fingerprint density at radius 2 is 2.08 bits per heavy atom. The molecule has 1 saturated heterocycles. The van der Waals surface area contributed by atoms with Gasteiger partial charge in [-0.3, -0.25) is 14.7 Å². The number of hydrogen-bond donors (Lipinski definition) is 0. The minimum atomic E-state index is 0.169. The summed E-state index contributed by atoms with van der Waals surface area (Å²) in [4.78, 5) is 21.3. The van der Waals surface area contributed by atoms with Gasteiger partial charge in [0.05, 0.1) is 12.6 Å². The third-order valence-electron chi connectivity index (χ3n) is 5.19. The molecule has 3 heterocycles. The van der Waals surface area contributed by atoms with Gasteiger partial charge in [-0.2, -0.15) is 0 Å². The smallest absolute Gasteiger partial charge is 0.241 e. The molecule has 2 aliphatic rings. The quantitative estimate of drug-likeness (QED) is 0.803. The van der Waals surface area contributed by atoms with E-state index < -0.39 is 0 Å². The lowest BCUT2D eigenvalue weighted by Crippen LogP contribution is -2.42. The van der Waals surface area contributed by atoms with Crippen LogP contribution >= 0.6 is 0 Å². The first kappa shape index (κ1) is 17.2. The van der Waals surface area contributed by atoms with Crippen molar-refractivity contribution in [3.8, 4) is 0 Å². The molecule has 5 heteroatoms. The van der Waals surface area contributed by atoms with Gasteiger partial charge in [-0.15, -0.1) is 0 Å². The van der Waals surface area contributed by atoms with Crippen LogP contribution < -0.4 is 4.90 Å². The number of carbonyl (C=O) groups is 1. The second kappa shape index (κ2) is 7.98. The highest BCUT2D eigenvalue weighted by Gasteiger charge is 2.27. The zero-order chi connectivity index (χ0) is 17.8. The molecule has 0 radical (unpaired) electrons. The molecule has 26 heavy (non-hydrogen) atoms. The van der Waals surface area contributed by atoms with Crippen LogP contribution in [0, 0.1) is 0 Å². The van der Waals surface area contributed by atoms with Crippen LogP contribution in [0.2, 0.25) is 0 Å². The summed E-state index contributed by atoms with van der Waals surface area (Å²) in [7, 11) is 0. The van der Waals surface area contributed by atoms with Crippen molar-refractivity contribution in [2.24, 2.45) is 0 Å². The lowest BCUT2D eigenvalue weighted by atomic mass is 10.2. The van der Waals surface area contributed by atoms with Gasteiger partial charge in [-0.05, 0) is 48.6 Å². The molecule has 1 aromatic heterocycles. The van der Waals surface area contributed by atoms with Crippen LogP contribution in [0.1, 0.15) is 24.0 Å². The summed E-state index contributed by atoms with van der Waals surface area (Å²) >= 11 is 0. The van der Waals surface area contributed by atoms with Gasteiger partial charge in [0.15, 0.2) is 0 Å². The number of pyridine rings is 1. The second-order valence-corrected chi connectivity index (χ2v) is 7.08. The fourth-order valence-corrected chi connectivity index (χ4v) is 3.88. The Kier molecular flexibility index (Phi) is 5.27. The van der Waals surface area contributed by atoms with Gasteiger partial charge >= 0.3 is 0 Å². The number of hydrogen-bond acceptors (Lipinski definition) is 4. The highest BCUT2D eigenvalue weighted by Crippen LogP contribution is 2.27. The molecule has 0 saturated carbocycles. The number of anilines is 1. The Bertz CT molecular complexity index is 744. The molecule has 1 fully saturated rings. The number of fused-ring (bicyclic) bond motifs is 1. The average molecular weight is 351 g/mol. The van der Waals surface area contributed by atoms with Crippen molar-refractivity contribution in [3.63, 3.8) is 0 Å². The molecule has 0 spiro atoms. The second-order valence-electron chi connectivity index (χ2n) is 7.08. The molecule has 1 aromatic carbocycles. The van der Waals surface area contributed by atoms with Gasteiger partial charge in [-0.25, -0.2) is 0 Å². The van der Waals surface area contributed by atoms with E-state index in [4.69, 9.17) is 4.74 Å². The van der Waals surface area contributed by atoms with Crippen LogP contribution in [0.4, 0.5) is 5.69 Å². The number of ether oxygens (including phenoxy) is 1. The van der Waals surface area contributed by atoms with Crippen LogP contribution in [0.3, 0.4) is 0 Å². The third-order valence-corrected chi connectivity index (χ3v) is 5.19. The zero-order valence-electron chi connectivity index (χ0n) is 15.0. The summed E-state index contributed by atoms with van der Waals surface area (Å²) in [6, 6.07) is 12.2. The van der Waals surface area contributed by atoms with Crippen LogP contribution in [0.5, 0.6) is 0 Å². The van der Waals surface area contributed by atoms with Crippen molar-refractivity contribution >= 4 is 11.6 Å². The molecule has 4 rings (SSSR count). The third kappa shape index (κ3) is 3.94. The predicted octanol–water partition coefficient (Wildman–Crippen LogP) is 2.65. The molecule has 2 aliphatic heterocycles. The number of nitrogens with zero attached hydrogens (tertiary/aromatic N) is 3. The van der Waals surface area contributed by atoms with Crippen LogP contribution in [0.15, 0.2) is 48.8 Å². The molecule has 136 valence electrons. The van der Waals surface area contributed by atoms with Gasteiger partial charge in [-0.1, -0.05) is 18.2 Å². The normalized spacial score (nSPS) is 19.1. The molecule has 0 aliphatic carbocycles. The summed E-state index contributed by atoms with van der Waals surface area (Å²) in [5.74, 6) is 0.169.